The quantitative estimate of drug-likeness (QED) is 0.534. The zero-order valence-electron chi connectivity index (χ0n) is 5.99. The molecule has 1 atom stereocenters. The Labute approximate surface area is 66.4 Å². The minimum absolute atomic E-state index is 0.861. The lowest BCUT2D eigenvalue weighted by molar-refractivity contribution is 0.687. The first-order chi connectivity index (χ1) is 5.20. The summed E-state index contributed by atoms with van der Waals surface area (Å²) in [7, 11) is -2.09. The van der Waals surface area contributed by atoms with Crippen LogP contribution in [-0.2, 0) is 9.52 Å². The van der Waals surface area contributed by atoms with Crippen LogP contribution in [0.1, 0.15) is 5.56 Å². The van der Waals surface area contributed by atoms with Crippen LogP contribution in [-0.4, -0.2) is 10.1 Å². The third-order valence-electron chi connectivity index (χ3n) is 1.76. The molecule has 0 radical (unpaired) electrons. The fourth-order valence-corrected chi connectivity index (χ4v) is 2.55. The lowest BCUT2D eigenvalue weighted by Crippen LogP contribution is -1.91. The van der Waals surface area contributed by atoms with Gasteiger partial charge >= 0.3 is 0 Å². The van der Waals surface area contributed by atoms with E-state index in [0.29, 0.717) is 0 Å². The SMILES string of the molecule is C=S1(=O)C=Cc2ccccc21. The van der Waals surface area contributed by atoms with Crippen LogP contribution in [0.4, 0.5) is 0 Å². The Kier molecular flexibility index (Phi) is 1.20. The van der Waals surface area contributed by atoms with Crippen molar-refractivity contribution in [3.63, 3.8) is 0 Å². The molecule has 1 nitrogen and oxygen atoms in total. The molecule has 1 aliphatic heterocycles. The van der Waals surface area contributed by atoms with Crippen molar-refractivity contribution in [1.29, 1.82) is 0 Å². The molecule has 56 valence electrons. The molecule has 0 saturated heterocycles. The van der Waals surface area contributed by atoms with Gasteiger partial charge in [-0.3, -0.25) is 4.21 Å². The highest BCUT2D eigenvalue weighted by atomic mass is 32.2. The maximum atomic E-state index is 11.6. The summed E-state index contributed by atoms with van der Waals surface area (Å²) in [4.78, 5) is 0.861. The Bertz CT molecular complexity index is 413. The van der Waals surface area contributed by atoms with Gasteiger partial charge in [0.05, 0.1) is 0 Å². The second-order valence-corrected chi connectivity index (χ2v) is 4.73. The summed E-state index contributed by atoms with van der Waals surface area (Å²) in [6.07, 6.45) is 1.87. The Morgan fingerprint density at radius 1 is 1.27 bits per heavy atom. The fourth-order valence-electron chi connectivity index (χ4n) is 1.19. The minimum atomic E-state index is -2.09. The van der Waals surface area contributed by atoms with Crippen molar-refractivity contribution in [1.82, 2.24) is 0 Å². The number of benzene rings is 1. The highest BCUT2D eigenvalue weighted by Crippen LogP contribution is 2.25. The second kappa shape index (κ2) is 1.98. The van der Waals surface area contributed by atoms with Crippen LogP contribution in [0, 0.1) is 0 Å². The molecule has 0 aromatic heterocycles. The van der Waals surface area contributed by atoms with E-state index in [1.807, 2.05) is 30.3 Å². The summed E-state index contributed by atoms with van der Waals surface area (Å²) < 4.78 is 11.6. The van der Waals surface area contributed by atoms with Crippen molar-refractivity contribution >= 4 is 21.5 Å². The zero-order chi connectivity index (χ0) is 7.90. The third-order valence-corrected chi connectivity index (χ3v) is 3.45. The molecule has 1 aromatic rings. The van der Waals surface area contributed by atoms with Gasteiger partial charge in [0, 0.05) is 14.4 Å². The van der Waals surface area contributed by atoms with E-state index in [0.717, 1.165) is 10.5 Å². The van der Waals surface area contributed by atoms with Crippen molar-refractivity contribution in [2.75, 3.05) is 0 Å². The monoisotopic (exact) mass is 164 g/mol. The summed E-state index contributed by atoms with van der Waals surface area (Å²) in [5.74, 6) is 3.65. The summed E-state index contributed by atoms with van der Waals surface area (Å²) in [5, 5.41) is 1.68. The topological polar surface area (TPSA) is 17.1 Å². The molecule has 2 heteroatoms. The standard InChI is InChI=1S/C9H8OS/c1-11(10)7-6-8-4-2-3-5-9(8)11/h2-7H,1H2. The first kappa shape index (κ1) is 6.68. The van der Waals surface area contributed by atoms with Gasteiger partial charge in [-0.25, -0.2) is 0 Å². The number of fused-ring (bicyclic) bond motifs is 1. The van der Waals surface area contributed by atoms with Gasteiger partial charge in [0.15, 0.2) is 0 Å². The first-order valence-corrected chi connectivity index (χ1v) is 5.13. The van der Waals surface area contributed by atoms with Crippen molar-refractivity contribution in [3.05, 3.63) is 35.2 Å². The van der Waals surface area contributed by atoms with Gasteiger partial charge in [0.2, 0.25) is 0 Å². The van der Waals surface area contributed by atoms with Crippen molar-refractivity contribution in [2.45, 2.75) is 4.90 Å². The summed E-state index contributed by atoms with van der Waals surface area (Å²) in [6.45, 7) is 0. The predicted molar refractivity (Wildman–Crippen MR) is 49.0 cm³/mol. The fraction of sp³-hybridized carbons (Fsp3) is 0. The van der Waals surface area contributed by atoms with Gasteiger partial charge in [-0.15, -0.1) is 0 Å². The maximum Gasteiger partial charge on any atom is 0.0417 e. The van der Waals surface area contributed by atoms with Gasteiger partial charge < -0.3 is 0 Å². The largest absolute Gasteiger partial charge is 0.259 e. The molecule has 0 bridgehead atoms. The van der Waals surface area contributed by atoms with E-state index in [1.165, 1.54) is 0 Å². The van der Waals surface area contributed by atoms with Gasteiger partial charge in [-0.05, 0) is 29.0 Å². The normalized spacial score (nSPS) is 26.9. The Morgan fingerprint density at radius 2 is 2.00 bits per heavy atom. The molecular weight excluding hydrogens is 156 g/mol. The maximum absolute atomic E-state index is 11.6. The molecule has 1 aromatic carbocycles. The first-order valence-electron chi connectivity index (χ1n) is 3.34. The van der Waals surface area contributed by atoms with Crippen molar-refractivity contribution in [2.24, 2.45) is 0 Å². The minimum Gasteiger partial charge on any atom is -0.259 e. The molecular formula is C9H8OS. The Morgan fingerprint density at radius 3 is 2.73 bits per heavy atom. The van der Waals surface area contributed by atoms with Crippen LogP contribution in [0.3, 0.4) is 0 Å². The number of hydrogen-bond donors (Lipinski definition) is 0. The molecule has 1 aliphatic rings. The van der Waals surface area contributed by atoms with E-state index in [-0.39, 0.29) is 0 Å². The number of hydrogen-bond acceptors (Lipinski definition) is 1. The van der Waals surface area contributed by atoms with Crippen LogP contribution in [0.5, 0.6) is 0 Å². The van der Waals surface area contributed by atoms with Gasteiger partial charge in [0.1, 0.15) is 0 Å². The second-order valence-electron chi connectivity index (χ2n) is 2.57. The Hall–Kier alpha value is -1.02. The summed E-state index contributed by atoms with van der Waals surface area (Å²) >= 11 is 0. The van der Waals surface area contributed by atoms with Crippen molar-refractivity contribution in [3.8, 4) is 0 Å². The molecule has 0 N–H and O–H groups in total. The third kappa shape index (κ3) is 0.906. The summed E-state index contributed by atoms with van der Waals surface area (Å²) in [5.41, 5.74) is 1.03. The van der Waals surface area contributed by atoms with Crippen LogP contribution in [0.2, 0.25) is 0 Å². The average Bonchev–Trinajstić information content (AvgIpc) is 2.29. The van der Waals surface area contributed by atoms with E-state index < -0.39 is 9.52 Å². The zero-order valence-corrected chi connectivity index (χ0v) is 6.80. The summed E-state index contributed by atoms with van der Waals surface area (Å²) in [6, 6.07) is 7.63. The Balaban J connectivity index is 2.84. The van der Waals surface area contributed by atoms with Crippen molar-refractivity contribution < 1.29 is 4.21 Å². The van der Waals surface area contributed by atoms with Crippen LogP contribution in [0.15, 0.2) is 34.6 Å². The average molecular weight is 164 g/mol. The van der Waals surface area contributed by atoms with E-state index >= 15 is 0 Å². The smallest absolute Gasteiger partial charge is 0.0417 e. The van der Waals surface area contributed by atoms with Gasteiger partial charge in [0.25, 0.3) is 0 Å². The molecule has 1 heterocycles. The lowest BCUT2D eigenvalue weighted by Gasteiger charge is -1.99. The number of rotatable bonds is 0. The highest BCUT2D eigenvalue weighted by Gasteiger charge is 2.12. The molecule has 11 heavy (non-hydrogen) atoms. The molecule has 1 unspecified atom stereocenters. The van der Waals surface area contributed by atoms with Crippen LogP contribution >= 0.6 is 0 Å². The molecule has 0 aliphatic carbocycles. The van der Waals surface area contributed by atoms with E-state index in [1.54, 1.807) is 5.41 Å². The van der Waals surface area contributed by atoms with Crippen LogP contribution < -0.4 is 0 Å². The molecule has 2 rings (SSSR count). The van der Waals surface area contributed by atoms with E-state index in [2.05, 4.69) is 5.87 Å². The van der Waals surface area contributed by atoms with E-state index in [9.17, 15) is 4.21 Å². The predicted octanol–water partition coefficient (Wildman–Crippen LogP) is 1.75. The molecule has 0 spiro atoms. The molecule has 0 saturated carbocycles. The molecule has 0 fully saturated rings. The lowest BCUT2D eigenvalue weighted by atomic mass is 10.2. The van der Waals surface area contributed by atoms with Crippen LogP contribution in [0.25, 0.3) is 6.08 Å². The molecule has 0 amide bonds. The van der Waals surface area contributed by atoms with Gasteiger partial charge in [-0.2, -0.15) is 0 Å². The van der Waals surface area contributed by atoms with Gasteiger partial charge in [-0.1, -0.05) is 18.2 Å². The highest BCUT2D eigenvalue weighted by molar-refractivity contribution is 8.03. The van der Waals surface area contributed by atoms with E-state index in [4.69, 9.17) is 0 Å².